The monoisotopic (exact) mass is 348 g/mol. The smallest absolute Gasteiger partial charge is 0.296 e. The number of hydrogen-bond donors (Lipinski definition) is 1. The number of carbonyl (C=O) groups excluding carboxylic acids is 3. The number of nitrogens with one attached hydrogen (secondary N) is 1. The molecule has 25 heavy (non-hydrogen) atoms. The molecule has 0 aromatic carbocycles. The van der Waals surface area contributed by atoms with Gasteiger partial charge >= 0.3 is 5.97 Å². The lowest BCUT2D eigenvalue weighted by Crippen LogP contribution is -2.39. The summed E-state index contributed by atoms with van der Waals surface area (Å²) in [5, 5.41) is 2.32. The molecule has 1 aromatic heterocycles. The Morgan fingerprint density at radius 2 is 2.04 bits per heavy atom. The predicted octanol–water partition coefficient (Wildman–Crippen LogP) is 2.54. The molecule has 1 atom stereocenters. The maximum absolute atomic E-state index is 12.1. The van der Waals surface area contributed by atoms with Gasteiger partial charge < -0.3 is 0 Å². The molecule has 1 aromatic rings. The minimum atomic E-state index is -0.527. The average molecular weight is 348 g/mol. The van der Waals surface area contributed by atoms with Crippen LogP contribution < -0.4 is 10.2 Å². The molecular weight excluding hydrogens is 324 g/mol. The van der Waals surface area contributed by atoms with Crippen molar-refractivity contribution in [1.29, 1.82) is 0 Å². The van der Waals surface area contributed by atoms with E-state index >= 15 is 0 Å². The third kappa shape index (κ3) is 4.78. The Labute approximate surface area is 147 Å². The van der Waals surface area contributed by atoms with E-state index in [1.807, 2.05) is 33.8 Å². The van der Waals surface area contributed by atoms with Crippen LogP contribution >= 0.6 is 0 Å². The van der Waals surface area contributed by atoms with Gasteiger partial charge in [-0.05, 0) is 24.3 Å². The molecule has 1 aliphatic heterocycles. The summed E-state index contributed by atoms with van der Waals surface area (Å²) in [6.45, 7) is 7.81. The van der Waals surface area contributed by atoms with Crippen LogP contribution in [0.25, 0.3) is 0 Å². The highest BCUT2D eigenvalue weighted by Gasteiger charge is 2.31. The fraction of sp³-hybridized carbons (Fsp3) is 0.556. The first kappa shape index (κ1) is 18.9. The molecule has 2 heterocycles. The van der Waals surface area contributed by atoms with Crippen molar-refractivity contribution in [3.63, 3.8) is 0 Å². The van der Waals surface area contributed by atoms with Crippen molar-refractivity contribution >= 4 is 17.8 Å². The number of imide groups is 1. The molecule has 1 aliphatic rings. The SMILES string of the molecule is CCCC(=O)OOc1nc(C2CCC(=O)NC2=O)ccc1C(C)(C)C. The van der Waals surface area contributed by atoms with Gasteiger partial charge in [-0.2, -0.15) is 0 Å². The fourth-order valence-electron chi connectivity index (χ4n) is 2.59. The third-order valence-electron chi connectivity index (χ3n) is 3.95. The summed E-state index contributed by atoms with van der Waals surface area (Å²) in [5.41, 5.74) is 0.954. The lowest BCUT2D eigenvalue weighted by Gasteiger charge is -2.24. The van der Waals surface area contributed by atoms with Crippen LogP contribution in [0.1, 0.15) is 70.6 Å². The summed E-state index contributed by atoms with van der Waals surface area (Å²) in [7, 11) is 0. The molecule has 1 unspecified atom stereocenters. The van der Waals surface area contributed by atoms with Crippen LogP contribution in [0, 0.1) is 0 Å². The molecule has 1 fully saturated rings. The normalized spacial score (nSPS) is 17.8. The number of hydrogen-bond acceptors (Lipinski definition) is 6. The van der Waals surface area contributed by atoms with Crippen LogP contribution in [0.15, 0.2) is 12.1 Å². The summed E-state index contributed by atoms with van der Waals surface area (Å²) < 4.78 is 0. The number of nitrogens with zero attached hydrogens (tertiary/aromatic N) is 1. The summed E-state index contributed by atoms with van der Waals surface area (Å²) in [5.74, 6) is -1.49. The second-order valence-electron chi connectivity index (χ2n) is 7.13. The van der Waals surface area contributed by atoms with Gasteiger partial charge in [0.25, 0.3) is 5.88 Å². The van der Waals surface area contributed by atoms with E-state index in [-0.39, 0.29) is 36.0 Å². The molecule has 7 nitrogen and oxygen atoms in total. The van der Waals surface area contributed by atoms with Crippen molar-refractivity contribution in [3.8, 4) is 5.88 Å². The molecule has 136 valence electrons. The summed E-state index contributed by atoms with van der Waals surface area (Å²) in [4.78, 5) is 49.4. The van der Waals surface area contributed by atoms with Crippen molar-refractivity contribution in [2.24, 2.45) is 0 Å². The van der Waals surface area contributed by atoms with E-state index in [9.17, 15) is 14.4 Å². The van der Waals surface area contributed by atoms with Crippen molar-refractivity contribution in [2.45, 2.75) is 64.7 Å². The number of aromatic nitrogens is 1. The van der Waals surface area contributed by atoms with Gasteiger partial charge in [-0.25, -0.2) is 14.7 Å². The minimum absolute atomic E-state index is 0.166. The predicted molar refractivity (Wildman–Crippen MR) is 89.7 cm³/mol. The van der Waals surface area contributed by atoms with Gasteiger partial charge in [0.1, 0.15) is 0 Å². The first-order chi connectivity index (χ1) is 11.7. The van der Waals surface area contributed by atoms with E-state index in [2.05, 4.69) is 10.3 Å². The van der Waals surface area contributed by atoms with Crippen LogP contribution in [0.2, 0.25) is 0 Å². The Morgan fingerprint density at radius 3 is 2.64 bits per heavy atom. The van der Waals surface area contributed by atoms with Crippen molar-refractivity contribution in [2.75, 3.05) is 0 Å². The fourth-order valence-corrected chi connectivity index (χ4v) is 2.59. The van der Waals surface area contributed by atoms with Gasteiger partial charge in [0, 0.05) is 18.4 Å². The Balaban J connectivity index is 2.28. The molecule has 0 bridgehead atoms. The third-order valence-corrected chi connectivity index (χ3v) is 3.95. The molecule has 2 rings (SSSR count). The zero-order chi connectivity index (χ0) is 18.6. The second-order valence-corrected chi connectivity index (χ2v) is 7.13. The number of rotatable bonds is 5. The van der Waals surface area contributed by atoms with E-state index < -0.39 is 11.9 Å². The maximum Gasteiger partial charge on any atom is 0.355 e. The summed E-state index contributed by atoms with van der Waals surface area (Å²) >= 11 is 0. The average Bonchev–Trinajstić information content (AvgIpc) is 2.52. The Morgan fingerprint density at radius 1 is 1.32 bits per heavy atom. The highest BCUT2D eigenvalue weighted by molar-refractivity contribution is 6.00. The lowest BCUT2D eigenvalue weighted by molar-refractivity contribution is -0.216. The molecule has 1 N–H and O–H groups in total. The number of carbonyl (C=O) groups is 3. The molecule has 0 spiro atoms. The van der Waals surface area contributed by atoms with Crippen LogP contribution in [-0.4, -0.2) is 22.8 Å². The molecule has 7 heteroatoms. The Hall–Kier alpha value is -2.44. The quantitative estimate of drug-likeness (QED) is 0.499. The number of piperidine rings is 1. The molecule has 0 saturated carbocycles. The maximum atomic E-state index is 12.1. The summed E-state index contributed by atoms with van der Waals surface area (Å²) in [6, 6.07) is 3.57. The van der Waals surface area contributed by atoms with Crippen LogP contribution in [0.5, 0.6) is 5.88 Å². The first-order valence-electron chi connectivity index (χ1n) is 8.44. The Bertz CT molecular complexity index is 679. The zero-order valence-corrected chi connectivity index (χ0v) is 15.0. The molecule has 0 aliphatic carbocycles. The highest BCUT2D eigenvalue weighted by atomic mass is 17.2. The van der Waals surface area contributed by atoms with E-state index in [0.717, 1.165) is 5.56 Å². The van der Waals surface area contributed by atoms with Crippen LogP contribution in [0.3, 0.4) is 0 Å². The van der Waals surface area contributed by atoms with Gasteiger partial charge in [0.05, 0.1) is 11.6 Å². The van der Waals surface area contributed by atoms with Gasteiger partial charge in [0.15, 0.2) is 0 Å². The second kappa shape index (κ2) is 7.63. The van der Waals surface area contributed by atoms with E-state index in [4.69, 9.17) is 9.78 Å². The van der Waals surface area contributed by atoms with Gasteiger partial charge in [0.2, 0.25) is 11.8 Å². The molecule has 1 saturated heterocycles. The van der Waals surface area contributed by atoms with Gasteiger partial charge in [-0.1, -0.05) is 33.8 Å². The van der Waals surface area contributed by atoms with E-state index in [0.29, 0.717) is 18.5 Å². The molecular formula is C18H24N2O5. The number of amides is 2. The van der Waals surface area contributed by atoms with Crippen molar-refractivity contribution in [3.05, 3.63) is 23.4 Å². The van der Waals surface area contributed by atoms with Gasteiger partial charge in [-0.15, -0.1) is 0 Å². The minimum Gasteiger partial charge on any atom is -0.296 e. The highest BCUT2D eigenvalue weighted by Crippen LogP contribution is 2.33. The zero-order valence-electron chi connectivity index (χ0n) is 15.0. The van der Waals surface area contributed by atoms with Crippen LogP contribution in [-0.2, 0) is 24.7 Å². The first-order valence-corrected chi connectivity index (χ1v) is 8.44. The van der Waals surface area contributed by atoms with E-state index in [1.54, 1.807) is 6.07 Å². The number of pyridine rings is 1. The van der Waals surface area contributed by atoms with Crippen molar-refractivity contribution < 1.29 is 24.2 Å². The topological polar surface area (TPSA) is 94.6 Å². The molecule has 0 radical (unpaired) electrons. The van der Waals surface area contributed by atoms with Crippen molar-refractivity contribution in [1.82, 2.24) is 10.3 Å². The van der Waals surface area contributed by atoms with Crippen LogP contribution in [0.4, 0.5) is 0 Å². The Kier molecular flexibility index (Phi) is 5.77. The standard InChI is InChI=1S/C18H24N2O5/c1-5-6-15(22)24-25-17-12(18(2,3)4)8-9-13(19-17)11-7-10-14(21)20-16(11)23/h8-9,11H,5-7,10H2,1-4H3,(H,20,21,23). The lowest BCUT2D eigenvalue weighted by atomic mass is 9.86. The molecule has 2 amide bonds. The van der Waals surface area contributed by atoms with E-state index in [1.165, 1.54) is 0 Å². The van der Waals surface area contributed by atoms with Gasteiger partial charge in [-0.3, -0.25) is 19.8 Å². The summed E-state index contributed by atoms with van der Waals surface area (Å²) in [6.07, 6.45) is 1.55. The largest absolute Gasteiger partial charge is 0.355 e.